The van der Waals surface area contributed by atoms with Crippen LogP contribution in [0.25, 0.3) is 21.8 Å². The zero-order chi connectivity index (χ0) is 34.1. The van der Waals surface area contributed by atoms with Crippen LogP contribution in [-0.4, -0.2) is 9.97 Å². The fourth-order valence-corrected chi connectivity index (χ4v) is 6.60. The second-order valence-corrected chi connectivity index (χ2v) is 13.7. The van der Waals surface area contributed by atoms with Gasteiger partial charge in [-0.3, -0.25) is 4.79 Å². The third-order valence-electron chi connectivity index (χ3n) is 9.05. The van der Waals surface area contributed by atoms with Crippen LogP contribution in [0.3, 0.4) is 0 Å². The number of hydrogen-bond donors (Lipinski definition) is 0. The van der Waals surface area contributed by atoms with E-state index < -0.39 is 0 Å². The van der Waals surface area contributed by atoms with Gasteiger partial charge in [-0.1, -0.05) is 140 Å². The summed E-state index contributed by atoms with van der Waals surface area (Å²) in [6.07, 6.45) is 3.60. The van der Waals surface area contributed by atoms with Crippen LogP contribution < -0.4 is 20.2 Å². The molecule has 0 saturated carbocycles. The summed E-state index contributed by atoms with van der Waals surface area (Å²) in [5, 5.41) is 1.38. The minimum absolute atomic E-state index is 0. The average molecular weight is 833 g/mol. The van der Waals surface area contributed by atoms with E-state index in [1.165, 1.54) is 33.6 Å². The van der Waals surface area contributed by atoms with Gasteiger partial charge in [0.15, 0.2) is 5.43 Å². The van der Waals surface area contributed by atoms with Crippen LogP contribution in [0.1, 0.15) is 101 Å². The van der Waals surface area contributed by atoms with Crippen LogP contribution in [-0.2, 0) is 22.4 Å². The monoisotopic (exact) mass is 832 g/mol. The molecule has 0 N–H and O–H groups in total. The minimum atomic E-state index is 0. The summed E-state index contributed by atoms with van der Waals surface area (Å²) in [5.74, 6) is 3.37. The Kier molecular flexibility index (Phi) is 11.1. The normalized spacial score (nSPS) is 12.6. The average Bonchev–Trinajstić information content (AvgIpc) is 3.47. The second kappa shape index (κ2) is 15.1. The van der Waals surface area contributed by atoms with Crippen LogP contribution >= 0.6 is 0 Å². The van der Waals surface area contributed by atoms with Crippen molar-refractivity contribution in [3.05, 3.63) is 136 Å². The van der Waals surface area contributed by atoms with Gasteiger partial charge in [-0.05, 0) is 45.9 Å². The van der Waals surface area contributed by atoms with E-state index >= 15 is 0 Å². The number of fused-ring (bicyclic) bond motifs is 3. The molecule has 0 amide bonds. The predicted octanol–water partition coefficient (Wildman–Crippen LogP) is 10.7. The van der Waals surface area contributed by atoms with Crippen molar-refractivity contribution in [1.29, 1.82) is 0 Å². The molecule has 0 aliphatic carbocycles. The van der Waals surface area contributed by atoms with E-state index in [0.717, 1.165) is 22.7 Å². The first-order chi connectivity index (χ1) is 23.1. The first-order valence-electron chi connectivity index (χ1n) is 17.0. The number of pyridine rings is 1. The molecule has 3 heterocycles. The molecule has 0 saturated heterocycles. The van der Waals surface area contributed by atoms with Gasteiger partial charge in [0.25, 0.3) is 0 Å². The molecule has 1 aliphatic heterocycles. The Bertz CT molecular complexity index is 1940. The van der Waals surface area contributed by atoms with Crippen molar-refractivity contribution in [1.82, 2.24) is 15.0 Å². The minimum Gasteiger partial charge on any atom is -0.657 e. The Morgan fingerprint density at radius 2 is 0.878 bits per heavy atom. The van der Waals surface area contributed by atoms with E-state index in [1.807, 2.05) is 48.5 Å². The van der Waals surface area contributed by atoms with Crippen LogP contribution in [0.2, 0.25) is 0 Å². The third-order valence-corrected chi connectivity index (χ3v) is 9.05. The Labute approximate surface area is 306 Å². The molecule has 7 rings (SSSR count). The van der Waals surface area contributed by atoms with Gasteiger partial charge in [0.2, 0.25) is 0 Å². The topological polar surface area (TPSA) is 63.4 Å². The maximum Gasteiger partial charge on any atom is 0.190 e. The molecule has 0 atom stereocenters. The molecular formula is C42H45AuN5O-2. The zero-order valence-corrected chi connectivity index (χ0v) is 31.7. The number of hydrogen-bond acceptors (Lipinski definition) is 5. The van der Waals surface area contributed by atoms with E-state index in [0.29, 0.717) is 34.4 Å². The summed E-state index contributed by atoms with van der Waals surface area (Å²) < 4.78 is 0. The molecule has 0 bridgehead atoms. The molecular weight excluding hydrogens is 787 g/mol. The quantitative estimate of drug-likeness (QED) is 0.0946. The zero-order valence-electron chi connectivity index (χ0n) is 29.6. The van der Waals surface area contributed by atoms with Gasteiger partial charge in [-0.15, -0.1) is 17.7 Å². The first-order valence-corrected chi connectivity index (χ1v) is 17.0. The fourth-order valence-electron chi connectivity index (χ4n) is 6.60. The number of nitrogens with zero attached hydrogens (tertiary/aromatic N) is 5. The standard InChI is InChI=1S/C29H37N4.C13H9NO.Au/c1-18(2)22-11-9-12-23(19(3)4)26(22)32-17-33(29-28(32)30-15-16-31-29)27-24(20(5)6)13-10-14-25(27)21(7)8;15-13-9-5-1-3-7-11(9)14-12-8-4-2-6-10(12)13;/h9-21H,1-8H3;1-8H,(H,14,15);/q-1;;/p-1. The van der Waals surface area contributed by atoms with Crippen molar-refractivity contribution in [3.63, 3.8) is 0 Å². The van der Waals surface area contributed by atoms with Gasteiger partial charge < -0.3 is 14.8 Å². The van der Waals surface area contributed by atoms with Gasteiger partial charge >= 0.3 is 0 Å². The molecule has 49 heavy (non-hydrogen) atoms. The summed E-state index contributed by atoms with van der Waals surface area (Å²) in [7, 11) is 0. The van der Waals surface area contributed by atoms with Crippen molar-refractivity contribution in [2.24, 2.45) is 0 Å². The molecule has 1 radical (unpaired) electrons. The Morgan fingerprint density at radius 3 is 1.22 bits per heavy atom. The number of para-hydroxylation sites is 4. The van der Waals surface area contributed by atoms with Crippen molar-refractivity contribution in [2.75, 3.05) is 9.80 Å². The van der Waals surface area contributed by atoms with Crippen molar-refractivity contribution < 1.29 is 22.4 Å². The number of anilines is 4. The number of benzene rings is 4. The molecule has 2 aromatic heterocycles. The summed E-state index contributed by atoms with van der Waals surface area (Å²) in [6.45, 7) is 20.3. The van der Waals surface area contributed by atoms with E-state index in [2.05, 4.69) is 113 Å². The molecule has 7 heteroatoms. The van der Waals surface area contributed by atoms with Gasteiger partial charge in [0.05, 0.1) is 0 Å². The second-order valence-electron chi connectivity index (χ2n) is 13.7. The molecule has 6 nitrogen and oxygen atoms in total. The van der Waals surface area contributed by atoms with E-state index in [9.17, 15) is 4.79 Å². The molecule has 0 spiro atoms. The van der Waals surface area contributed by atoms with E-state index in [4.69, 9.17) is 9.97 Å². The summed E-state index contributed by atoms with van der Waals surface area (Å²) in [6, 6.07) is 28.2. The fraction of sp³-hybridized carbons (Fsp3) is 0.286. The smallest absolute Gasteiger partial charge is 0.190 e. The number of rotatable bonds is 6. The summed E-state index contributed by atoms with van der Waals surface area (Å²) in [5.41, 5.74) is 9.39. The molecule has 4 aromatic carbocycles. The molecule has 0 unspecified atom stereocenters. The van der Waals surface area contributed by atoms with Crippen molar-refractivity contribution in [3.8, 4) is 0 Å². The SMILES string of the molecule is CC(C)c1cccc(C(C)C)c1N1[CH-]N(c2c(C(C)C)cccc2C(C)C)c2nccnc21.O=c1c2ccccc2[n-]c2ccccc12.[Au]. The van der Waals surface area contributed by atoms with Crippen molar-refractivity contribution in [2.45, 2.75) is 79.1 Å². The van der Waals surface area contributed by atoms with E-state index in [-0.39, 0.29) is 27.8 Å². The predicted molar refractivity (Wildman–Crippen MR) is 201 cm³/mol. The Morgan fingerprint density at radius 1 is 0.531 bits per heavy atom. The van der Waals surface area contributed by atoms with Crippen LogP contribution in [0, 0.1) is 6.67 Å². The first kappa shape index (κ1) is 36.1. The van der Waals surface area contributed by atoms with Gasteiger partial charge in [-0.25, -0.2) is 9.97 Å². The molecule has 257 valence electrons. The van der Waals surface area contributed by atoms with Gasteiger partial charge in [0.1, 0.15) is 11.6 Å². The Balaban J connectivity index is 0.000000243. The number of aromatic nitrogens is 3. The molecule has 0 fully saturated rings. The van der Waals surface area contributed by atoms with Crippen LogP contribution in [0.5, 0.6) is 0 Å². The third kappa shape index (κ3) is 6.96. The molecule has 6 aromatic rings. The van der Waals surface area contributed by atoms with Crippen LogP contribution in [0.4, 0.5) is 23.0 Å². The van der Waals surface area contributed by atoms with E-state index in [1.54, 1.807) is 12.4 Å². The van der Waals surface area contributed by atoms with Crippen LogP contribution in [0.15, 0.2) is 102 Å². The largest absolute Gasteiger partial charge is 0.657 e. The molecule has 1 aliphatic rings. The van der Waals surface area contributed by atoms with Gasteiger partial charge in [-0.2, -0.15) is 0 Å². The summed E-state index contributed by atoms with van der Waals surface area (Å²) >= 11 is 0. The Hall–Kier alpha value is -4.23. The summed E-state index contributed by atoms with van der Waals surface area (Å²) in [4.78, 5) is 30.7. The van der Waals surface area contributed by atoms with Gasteiger partial charge in [0, 0.05) is 56.9 Å². The van der Waals surface area contributed by atoms with Crippen molar-refractivity contribution >= 4 is 44.8 Å². The maximum atomic E-state index is 12.0. The maximum absolute atomic E-state index is 12.0.